The highest BCUT2D eigenvalue weighted by Crippen LogP contribution is 2.34. The zero-order chi connectivity index (χ0) is 22.2. The van der Waals surface area contributed by atoms with Crippen LogP contribution in [0.15, 0.2) is 41.2 Å². The largest absolute Gasteiger partial charge is 0.482 e. The number of para-hydroxylation sites is 2. The van der Waals surface area contributed by atoms with Crippen molar-refractivity contribution >= 4 is 5.91 Å². The van der Waals surface area contributed by atoms with Gasteiger partial charge in [-0.25, -0.2) is 4.68 Å². The Kier molecular flexibility index (Phi) is 5.77. The fourth-order valence-electron chi connectivity index (χ4n) is 4.13. The van der Waals surface area contributed by atoms with Crippen molar-refractivity contribution < 1.29 is 14.3 Å². The minimum atomic E-state index is -0.640. The topological polar surface area (TPSA) is 73.7 Å². The lowest BCUT2D eigenvalue weighted by Gasteiger charge is -2.37. The first-order valence-corrected chi connectivity index (χ1v) is 11.0. The smallest absolute Gasteiger partial charge is 0.267 e. The molecule has 1 saturated heterocycles. The van der Waals surface area contributed by atoms with E-state index in [1.165, 1.54) is 0 Å². The van der Waals surface area contributed by atoms with Gasteiger partial charge in [0.2, 0.25) is 6.10 Å². The molecule has 1 aromatic heterocycles. The van der Waals surface area contributed by atoms with E-state index in [1.807, 2.05) is 42.2 Å². The zero-order valence-electron chi connectivity index (χ0n) is 18.7. The van der Waals surface area contributed by atoms with E-state index in [0.29, 0.717) is 37.1 Å². The van der Waals surface area contributed by atoms with Crippen LogP contribution in [0.25, 0.3) is 0 Å². The number of ether oxygens (including phenoxy) is 2. The van der Waals surface area contributed by atoms with Crippen molar-refractivity contribution in [1.29, 1.82) is 0 Å². The van der Waals surface area contributed by atoms with Gasteiger partial charge >= 0.3 is 0 Å². The van der Waals surface area contributed by atoms with Crippen LogP contribution in [-0.2, 0) is 16.8 Å². The van der Waals surface area contributed by atoms with E-state index >= 15 is 0 Å². The molecule has 2 unspecified atom stereocenters. The van der Waals surface area contributed by atoms with Crippen LogP contribution in [-0.4, -0.2) is 45.9 Å². The first-order valence-electron chi connectivity index (χ1n) is 11.0. The Bertz CT molecular complexity index is 1000. The predicted molar refractivity (Wildman–Crippen MR) is 117 cm³/mol. The molecule has 0 bridgehead atoms. The number of rotatable bonds is 3. The third kappa shape index (κ3) is 4.60. The van der Waals surface area contributed by atoms with E-state index in [1.54, 1.807) is 10.7 Å². The summed E-state index contributed by atoms with van der Waals surface area (Å²) in [7, 11) is 0. The van der Waals surface area contributed by atoms with E-state index in [9.17, 15) is 9.59 Å². The number of piperidine rings is 1. The van der Waals surface area contributed by atoms with Gasteiger partial charge in [0.1, 0.15) is 6.10 Å². The second-order valence-electron chi connectivity index (χ2n) is 9.57. The molecule has 1 amide bonds. The third-order valence-corrected chi connectivity index (χ3v) is 6.08. The van der Waals surface area contributed by atoms with Gasteiger partial charge in [-0.1, -0.05) is 32.9 Å². The Balaban J connectivity index is 1.37. The highest BCUT2D eigenvalue weighted by Gasteiger charge is 2.38. The predicted octanol–water partition coefficient (Wildman–Crippen LogP) is 3.01. The molecule has 0 radical (unpaired) electrons. The molecule has 0 N–H and O–H groups in total. The molecule has 7 nitrogen and oxygen atoms in total. The van der Waals surface area contributed by atoms with Gasteiger partial charge in [-0.3, -0.25) is 9.59 Å². The number of aromatic nitrogens is 2. The maximum Gasteiger partial charge on any atom is 0.267 e. The average molecular weight is 426 g/mol. The molecule has 2 aliphatic heterocycles. The summed E-state index contributed by atoms with van der Waals surface area (Å²) in [4.78, 5) is 27.3. The first-order chi connectivity index (χ1) is 14.7. The third-order valence-electron chi connectivity index (χ3n) is 6.08. The van der Waals surface area contributed by atoms with Crippen molar-refractivity contribution in [2.75, 3.05) is 13.1 Å². The highest BCUT2D eigenvalue weighted by molar-refractivity contribution is 5.82. The van der Waals surface area contributed by atoms with E-state index in [0.717, 1.165) is 18.5 Å². The van der Waals surface area contributed by atoms with E-state index < -0.39 is 6.10 Å². The second kappa shape index (κ2) is 8.36. The maximum atomic E-state index is 13.1. The van der Waals surface area contributed by atoms with Gasteiger partial charge in [0.05, 0.1) is 5.69 Å². The summed E-state index contributed by atoms with van der Waals surface area (Å²) in [5.74, 6) is 1.56. The number of fused-ring (bicyclic) bond motifs is 1. The lowest BCUT2D eigenvalue weighted by Crippen LogP contribution is -2.52. The van der Waals surface area contributed by atoms with Gasteiger partial charge in [-0.15, -0.1) is 0 Å². The molecule has 2 aliphatic rings. The number of nitrogens with zero attached hydrogens (tertiary/aromatic N) is 3. The summed E-state index contributed by atoms with van der Waals surface area (Å²) < 4.78 is 13.4. The molecular formula is C24H31N3O4. The van der Waals surface area contributed by atoms with Gasteiger partial charge in [0.25, 0.3) is 11.5 Å². The average Bonchev–Trinajstić information content (AvgIpc) is 2.74. The Labute approximate surface area is 183 Å². The summed E-state index contributed by atoms with van der Waals surface area (Å²) >= 11 is 0. The SMILES string of the molecule is CC1Oc2ccccc2OC1C(=O)N1CCC(Cn2nc(C(C)(C)C)ccc2=O)CC1. The summed E-state index contributed by atoms with van der Waals surface area (Å²) in [5, 5.41) is 4.58. The monoisotopic (exact) mass is 425 g/mol. The molecule has 0 saturated carbocycles. The number of carbonyl (C=O) groups excluding carboxylic acids is 1. The van der Waals surface area contributed by atoms with Crippen molar-refractivity contribution in [3.63, 3.8) is 0 Å². The minimum Gasteiger partial charge on any atom is -0.482 e. The molecule has 7 heteroatoms. The van der Waals surface area contributed by atoms with E-state index in [2.05, 4.69) is 25.9 Å². The number of amides is 1. The molecule has 2 atom stereocenters. The Morgan fingerprint density at radius 1 is 1.06 bits per heavy atom. The van der Waals surface area contributed by atoms with Crippen LogP contribution in [0.4, 0.5) is 0 Å². The lowest BCUT2D eigenvalue weighted by atomic mass is 9.92. The van der Waals surface area contributed by atoms with Crippen LogP contribution in [0.2, 0.25) is 0 Å². The fraction of sp³-hybridized carbons (Fsp3) is 0.542. The summed E-state index contributed by atoms with van der Waals surface area (Å²) in [6, 6.07) is 10.8. The number of likely N-dealkylation sites (tertiary alicyclic amines) is 1. The Morgan fingerprint density at radius 2 is 1.71 bits per heavy atom. The first kappa shape index (κ1) is 21.4. The van der Waals surface area contributed by atoms with Crippen molar-refractivity contribution in [2.45, 2.75) is 64.7 Å². The molecule has 4 rings (SSSR count). The zero-order valence-corrected chi connectivity index (χ0v) is 18.7. The van der Waals surface area contributed by atoms with Gasteiger partial charge in [0, 0.05) is 31.1 Å². The molecule has 0 spiro atoms. The van der Waals surface area contributed by atoms with E-state index in [4.69, 9.17) is 9.47 Å². The Morgan fingerprint density at radius 3 is 2.35 bits per heavy atom. The lowest BCUT2D eigenvalue weighted by molar-refractivity contribution is -0.145. The number of hydrogen-bond acceptors (Lipinski definition) is 5. The normalized spacial score (nSPS) is 21.7. The summed E-state index contributed by atoms with van der Waals surface area (Å²) in [5.41, 5.74) is 0.720. The molecule has 0 aliphatic carbocycles. The van der Waals surface area contributed by atoms with Crippen LogP contribution >= 0.6 is 0 Å². The molecule has 1 aromatic carbocycles. The van der Waals surface area contributed by atoms with Gasteiger partial charge in [-0.05, 0) is 43.9 Å². The van der Waals surface area contributed by atoms with Gasteiger partial charge < -0.3 is 14.4 Å². The second-order valence-corrected chi connectivity index (χ2v) is 9.57. The molecule has 166 valence electrons. The molecule has 2 aromatic rings. The van der Waals surface area contributed by atoms with Gasteiger partial charge in [0.15, 0.2) is 11.5 Å². The number of carbonyl (C=O) groups is 1. The van der Waals surface area contributed by atoms with Crippen LogP contribution in [0.3, 0.4) is 0 Å². The van der Waals surface area contributed by atoms with E-state index in [-0.39, 0.29) is 23.0 Å². The fourth-order valence-corrected chi connectivity index (χ4v) is 4.13. The van der Waals surface area contributed by atoms with Crippen LogP contribution in [0.1, 0.15) is 46.2 Å². The van der Waals surface area contributed by atoms with Crippen molar-refractivity contribution in [1.82, 2.24) is 14.7 Å². The minimum absolute atomic E-state index is 0.0366. The quantitative estimate of drug-likeness (QED) is 0.756. The number of hydrogen-bond donors (Lipinski definition) is 0. The van der Waals surface area contributed by atoms with Crippen LogP contribution < -0.4 is 15.0 Å². The van der Waals surface area contributed by atoms with Crippen molar-refractivity contribution in [2.24, 2.45) is 5.92 Å². The summed E-state index contributed by atoms with van der Waals surface area (Å²) in [6.07, 6.45) is 0.679. The number of benzene rings is 1. The summed E-state index contributed by atoms with van der Waals surface area (Å²) in [6.45, 7) is 10.0. The van der Waals surface area contributed by atoms with Crippen LogP contribution in [0, 0.1) is 5.92 Å². The van der Waals surface area contributed by atoms with Crippen molar-refractivity contribution in [3.8, 4) is 11.5 Å². The molecule has 31 heavy (non-hydrogen) atoms. The van der Waals surface area contributed by atoms with Crippen molar-refractivity contribution in [3.05, 3.63) is 52.4 Å². The molecule has 1 fully saturated rings. The highest BCUT2D eigenvalue weighted by atomic mass is 16.6. The molecular weight excluding hydrogens is 394 g/mol. The van der Waals surface area contributed by atoms with Crippen LogP contribution in [0.5, 0.6) is 11.5 Å². The maximum absolute atomic E-state index is 13.1. The van der Waals surface area contributed by atoms with Gasteiger partial charge in [-0.2, -0.15) is 5.10 Å². The molecule has 3 heterocycles. The Hall–Kier alpha value is -2.83. The standard InChI is InChI=1S/C24H31N3O4/c1-16-22(31-19-8-6-5-7-18(19)30-16)23(29)26-13-11-17(12-14-26)15-27-21(28)10-9-20(25-27)24(2,3)4/h5-10,16-17,22H,11-15H2,1-4H3.